The third-order valence-electron chi connectivity index (χ3n) is 5.76. The smallest absolute Gasteiger partial charge is 0.338 e. The van der Waals surface area contributed by atoms with Gasteiger partial charge >= 0.3 is 11.9 Å². The van der Waals surface area contributed by atoms with E-state index in [1.807, 2.05) is 31.2 Å². The van der Waals surface area contributed by atoms with Crippen LogP contribution in [0.25, 0.3) is 6.08 Å². The number of benzene rings is 2. The number of aromatic nitrogens is 1. The summed E-state index contributed by atoms with van der Waals surface area (Å²) in [5.41, 5.74) is 1.89. The maximum Gasteiger partial charge on any atom is 0.338 e. The molecule has 9 nitrogen and oxygen atoms in total. The van der Waals surface area contributed by atoms with E-state index < -0.39 is 18.0 Å². The number of fused-ring (bicyclic) bond motifs is 1. The molecule has 1 aliphatic heterocycles. The summed E-state index contributed by atoms with van der Waals surface area (Å²) in [4.78, 5) is 43.2. The van der Waals surface area contributed by atoms with Crippen molar-refractivity contribution in [3.8, 4) is 17.2 Å². The molecule has 1 aromatic heterocycles. The van der Waals surface area contributed by atoms with Gasteiger partial charge < -0.3 is 18.9 Å². The van der Waals surface area contributed by atoms with E-state index in [4.69, 9.17) is 18.9 Å². The number of hydrogen-bond acceptors (Lipinski definition) is 9. The third kappa shape index (κ3) is 5.40. The molecule has 0 unspecified atom stereocenters. The minimum absolute atomic E-state index is 0.196. The van der Waals surface area contributed by atoms with Gasteiger partial charge in [-0.1, -0.05) is 29.5 Å². The van der Waals surface area contributed by atoms with Crippen LogP contribution in [-0.4, -0.2) is 36.8 Å². The average molecular weight is 537 g/mol. The number of carbonyl (C=O) groups excluding carboxylic acids is 2. The molecular weight excluding hydrogens is 508 g/mol. The number of allylic oxidation sites excluding steroid dienone is 1. The summed E-state index contributed by atoms with van der Waals surface area (Å²) in [7, 11) is 1.47. The fourth-order valence-electron chi connectivity index (χ4n) is 4.18. The molecule has 4 rings (SSSR count). The van der Waals surface area contributed by atoms with E-state index in [1.54, 1.807) is 38.1 Å². The second-order valence-electron chi connectivity index (χ2n) is 8.31. The molecule has 0 radical (unpaired) electrons. The van der Waals surface area contributed by atoms with Crippen LogP contribution in [0.5, 0.6) is 17.2 Å². The normalized spacial score (nSPS) is 15.0. The van der Waals surface area contributed by atoms with E-state index in [2.05, 4.69) is 4.99 Å². The first kappa shape index (κ1) is 26.9. The first-order valence-corrected chi connectivity index (χ1v) is 12.9. The van der Waals surface area contributed by atoms with Crippen LogP contribution >= 0.6 is 11.3 Å². The van der Waals surface area contributed by atoms with E-state index in [0.717, 1.165) is 5.56 Å². The molecule has 38 heavy (non-hydrogen) atoms. The largest absolute Gasteiger partial charge is 0.494 e. The van der Waals surface area contributed by atoms with Crippen molar-refractivity contribution in [1.82, 2.24) is 4.57 Å². The molecule has 2 heterocycles. The summed E-state index contributed by atoms with van der Waals surface area (Å²) < 4.78 is 23.4. The van der Waals surface area contributed by atoms with Gasteiger partial charge in [-0.3, -0.25) is 14.2 Å². The number of esters is 2. The topological polar surface area (TPSA) is 105 Å². The van der Waals surface area contributed by atoms with Crippen molar-refractivity contribution >= 4 is 29.4 Å². The minimum atomic E-state index is -0.719. The Morgan fingerprint density at radius 2 is 1.82 bits per heavy atom. The minimum Gasteiger partial charge on any atom is -0.494 e. The Bertz CT molecular complexity index is 1580. The van der Waals surface area contributed by atoms with Gasteiger partial charge in [-0.25, -0.2) is 9.79 Å². The Morgan fingerprint density at radius 1 is 1.08 bits per heavy atom. The van der Waals surface area contributed by atoms with Crippen molar-refractivity contribution in [2.75, 3.05) is 20.3 Å². The lowest BCUT2D eigenvalue weighted by atomic mass is 9.96. The third-order valence-corrected chi connectivity index (χ3v) is 6.75. The molecule has 0 fully saturated rings. The molecule has 2 aromatic carbocycles. The van der Waals surface area contributed by atoms with Gasteiger partial charge in [0.1, 0.15) is 5.75 Å². The summed E-state index contributed by atoms with van der Waals surface area (Å²) in [5.74, 6) is 0.338. The predicted molar refractivity (Wildman–Crippen MR) is 142 cm³/mol. The zero-order chi connectivity index (χ0) is 27.4. The lowest BCUT2D eigenvalue weighted by molar-refractivity contribution is -0.139. The maximum absolute atomic E-state index is 13.8. The van der Waals surface area contributed by atoms with Crippen LogP contribution in [0.4, 0.5) is 0 Å². The van der Waals surface area contributed by atoms with E-state index in [0.29, 0.717) is 44.3 Å². The first-order chi connectivity index (χ1) is 18.3. The summed E-state index contributed by atoms with van der Waals surface area (Å²) in [6.45, 7) is 7.40. The van der Waals surface area contributed by atoms with Crippen LogP contribution in [0.2, 0.25) is 0 Å². The number of nitrogens with zero attached hydrogens (tertiary/aromatic N) is 2. The van der Waals surface area contributed by atoms with Crippen molar-refractivity contribution in [2.45, 2.75) is 33.7 Å². The van der Waals surface area contributed by atoms with Gasteiger partial charge in [0.2, 0.25) is 0 Å². The highest BCUT2D eigenvalue weighted by Crippen LogP contribution is 2.32. The highest BCUT2D eigenvalue weighted by atomic mass is 32.1. The number of carbonyl (C=O) groups is 2. The summed E-state index contributed by atoms with van der Waals surface area (Å²) >= 11 is 1.22. The second-order valence-corrected chi connectivity index (χ2v) is 9.32. The Kier molecular flexibility index (Phi) is 8.11. The molecular formula is C28H28N2O7S. The predicted octanol–water partition coefficient (Wildman–Crippen LogP) is 3.13. The molecule has 0 spiro atoms. The molecule has 0 N–H and O–H groups in total. The Balaban J connectivity index is 1.87. The Hall–Kier alpha value is -4.18. The molecule has 10 heteroatoms. The van der Waals surface area contributed by atoms with Crippen LogP contribution in [0.15, 0.2) is 63.5 Å². The fourth-order valence-corrected chi connectivity index (χ4v) is 5.23. The zero-order valence-electron chi connectivity index (χ0n) is 21.8. The SMILES string of the molecule is CCOC(=O)C1=C(C)N=c2sc(=Cc3ccc(OC(C)=O)c(OC)c3)c(=O)n2[C@H]1c1ccc(OCC)cc1. The molecule has 1 aliphatic rings. The summed E-state index contributed by atoms with van der Waals surface area (Å²) in [6, 6.07) is 11.6. The lowest BCUT2D eigenvalue weighted by Gasteiger charge is -2.24. The molecule has 3 aromatic rings. The monoisotopic (exact) mass is 536 g/mol. The molecule has 0 aliphatic carbocycles. The van der Waals surface area contributed by atoms with Crippen molar-refractivity contribution in [3.05, 3.63) is 84.5 Å². The van der Waals surface area contributed by atoms with Gasteiger partial charge in [0.05, 0.1) is 42.2 Å². The van der Waals surface area contributed by atoms with Gasteiger partial charge in [-0.15, -0.1) is 0 Å². The quantitative estimate of drug-likeness (QED) is 0.322. The van der Waals surface area contributed by atoms with E-state index >= 15 is 0 Å². The first-order valence-electron chi connectivity index (χ1n) is 12.1. The maximum atomic E-state index is 13.8. The van der Waals surface area contributed by atoms with Gasteiger partial charge in [-0.2, -0.15) is 0 Å². The van der Waals surface area contributed by atoms with Gasteiger partial charge in [0.25, 0.3) is 5.56 Å². The van der Waals surface area contributed by atoms with E-state index in [-0.39, 0.29) is 17.9 Å². The van der Waals surface area contributed by atoms with Crippen molar-refractivity contribution in [2.24, 2.45) is 4.99 Å². The number of rotatable bonds is 8. The summed E-state index contributed by atoms with van der Waals surface area (Å²) in [5, 5.41) is 0. The molecule has 0 bridgehead atoms. The zero-order valence-corrected chi connectivity index (χ0v) is 22.6. The highest BCUT2D eigenvalue weighted by molar-refractivity contribution is 7.07. The molecule has 198 valence electrons. The van der Waals surface area contributed by atoms with Crippen molar-refractivity contribution < 1.29 is 28.5 Å². The van der Waals surface area contributed by atoms with Crippen LogP contribution in [-0.2, 0) is 14.3 Å². The van der Waals surface area contributed by atoms with E-state index in [1.165, 1.54) is 29.9 Å². The molecule has 0 saturated heterocycles. The second kappa shape index (κ2) is 11.5. The molecule has 1 atom stereocenters. The number of hydrogen-bond donors (Lipinski definition) is 0. The fraction of sp³-hybridized carbons (Fsp3) is 0.286. The van der Waals surface area contributed by atoms with Crippen LogP contribution < -0.4 is 29.1 Å². The molecule has 0 amide bonds. The van der Waals surface area contributed by atoms with Crippen LogP contribution in [0, 0.1) is 0 Å². The van der Waals surface area contributed by atoms with E-state index in [9.17, 15) is 14.4 Å². The Morgan fingerprint density at radius 3 is 2.45 bits per heavy atom. The summed E-state index contributed by atoms with van der Waals surface area (Å²) in [6.07, 6.45) is 1.71. The van der Waals surface area contributed by atoms with Crippen molar-refractivity contribution in [3.63, 3.8) is 0 Å². The number of methoxy groups -OCH3 is 1. The Labute approximate surface area is 223 Å². The number of thiazole rings is 1. The van der Waals surface area contributed by atoms with Gasteiger partial charge in [0, 0.05) is 6.92 Å². The standard InChI is InChI=1S/C28H28N2O7S/c1-6-35-20-11-9-19(10-12-20)25-24(27(33)36-7-2)16(3)29-28-30(25)26(32)23(38-28)15-18-8-13-21(37-17(4)31)22(14-18)34-5/h8-15,25H,6-7H2,1-5H3/t25-/m0/s1. The highest BCUT2D eigenvalue weighted by Gasteiger charge is 2.33. The molecule has 0 saturated carbocycles. The lowest BCUT2D eigenvalue weighted by Crippen LogP contribution is -2.39. The number of ether oxygens (including phenoxy) is 4. The average Bonchev–Trinajstić information content (AvgIpc) is 3.18. The van der Waals surface area contributed by atoms with Crippen molar-refractivity contribution in [1.29, 1.82) is 0 Å². The van der Waals surface area contributed by atoms with Crippen LogP contribution in [0.3, 0.4) is 0 Å². The van der Waals surface area contributed by atoms with Gasteiger partial charge in [-0.05, 0) is 62.2 Å². The van der Waals surface area contributed by atoms with Gasteiger partial charge in [0.15, 0.2) is 16.3 Å². The van der Waals surface area contributed by atoms with Crippen LogP contribution in [0.1, 0.15) is 44.9 Å².